The Morgan fingerprint density at radius 2 is 2.50 bits per heavy atom. The second-order valence-electron chi connectivity index (χ2n) is 2.55. The van der Waals surface area contributed by atoms with E-state index in [1.807, 2.05) is 7.05 Å². The van der Waals surface area contributed by atoms with Crippen molar-refractivity contribution in [1.29, 1.82) is 0 Å². The van der Waals surface area contributed by atoms with E-state index in [0.29, 0.717) is 0 Å². The van der Waals surface area contributed by atoms with Gasteiger partial charge in [-0.25, -0.2) is 0 Å². The number of hydrogen-bond donors (Lipinski definition) is 1. The number of hydrogen-bond acceptors (Lipinski definition) is 2. The molecule has 0 aliphatic heterocycles. The first-order chi connectivity index (χ1) is 5.83. The SMILES string of the molecule is C#CC(NC)c1sccc1CC. The summed E-state index contributed by atoms with van der Waals surface area (Å²) in [6.07, 6.45) is 6.45. The fourth-order valence-corrected chi connectivity index (χ4v) is 2.25. The molecule has 64 valence electrons. The van der Waals surface area contributed by atoms with Crippen LogP contribution in [-0.2, 0) is 6.42 Å². The van der Waals surface area contributed by atoms with Crippen molar-refractivity contribution in [2.24, 2.45) is 0 Å². The maximum Gasteiger partial charge on any atom is 0.104 e. The summed E-state index contributed by atoms with van der Waals surface area (Å²) in [5.74, 6) is 2.73. The highest BCUT2D eigenvalue weighted by molar-refractivity contribution is 7.10. The van der Waals surface area contributed by atoms with Gasteiger partial charge in [0.2, 0.25) is 0 Å². The van der Waals surface area contributed by atoms with Crippen molar-refractivity contribution in [3.8, 4) is 12.3 Å². The summed E-state index contributed by atoms with van der Waals surface area (Å²) < 4.78 is 0. The quantitative estimate of drug-likeness (QED) is 0.701. The van der Waals surface area contributed by atoms with E-state index in [1.54, 1.807) is 11.3 Å². The van der Waals surface area contributed by atoms with E-state index in [-0.39, 0.29) is 6.04 Å². The summed E-state index contributed by atoms with van der Waals surface area (Å²) in [6.45, 7) is 2.15. The predicted molar refractivity (Wildman–Crippen MR) is 54.3 cm³/mol. The van der Waals surface area contributed by atoms with Gasteiger partial charge in [0.1, 0.15) is 6.04 Å². The van der Waals surface area contributed by atoms with Crippen LogP contribution in [0.4, 0.5) is 0 Å². The molecular weight excluding hydrogens is 166 g/mol. The number of nitrogens with one attached hydrogen (secondary N) is 1. The summed E-state index contributed by atoms with van der Waals surface area (Å²) >= 11 is 1.73. The average Bonchev–Trinajstić information content (AvgIpc) is 2.55. The van der Waals surface area contributed by atoms with Crippen molar-refractivity contribution >= 4 is 11.3 Å². The lowest BCUT2D eigenvalue weighted by Gasteiger charge is -2.08. The summed E-state index contributed by atoms with van der Waals surface area (Å²) in [6, 6.07) is 2.22. The lowest BCUT2D eigenvalue weighted by Crippen LogP contribution is -2.13. The first kappa shape index (κ1) is 9.31. The lowest BCUT2D eigenvalue weighted by atomic mass is 10.1. The molecule has 0 saturated heterocycles. The van der Waals surface area contributed by atoms with Crippen LogP contribution in [0.2, 0.25) is 0 Å². The molecule has 1 nitrogen and oxygen atoms in total. The van der Waals surface area contributed by atoms with Gasteiger partial charge in [-0.1, -0.05) is 12.8 Å². The first-order valence-electron chi connectivity index (χ1n) is 4.03. The molecule has 0 aliphatic carbocycles. The van der Waals surface area contributed by atoms with Gasteiger partial charge in [-0.3, -0.25) is 0 Å². The van der Waals surface area contributed by atoms with Gasteiger partial charge in [0.05, 0.1) is 0 Å². The van der Waals surface area contributed by atoms with Crippen molar-refractivity contribution in [3.05, 3.63) is 21.9 Å². The van der Waals surface area contributed by atoms with Crippen molar-refractivity contribution < 1.29 is 0 Å². The van der Waals surface area contributed by atoms with Gasteiger partial charge in [-0.2, -0.15) is 0 Å². The largest absolute Gasteiger partial charge is 0.302 e. The zero-order valence-electron chi connectivity index (χ0n) is 7.42. The second-order valence-corrected chi connectivity index (χ2v) is 3.50. The Balaban J connectivity index is 2.93. The van der Waals surface area contributed by atoms with E-state index >= 15 is 0 Å². The minimum Gasteiger partial charge on any atom is -0.302 e. The number of thiophene rings is 1. The summed E-state index contributed by atoms with van der Waals surface area (Å²) in [4.78, 5) is 1.28. The van der Waals surface area contributed by atoms with Crippen LogP contribution in [0.15, 0.2) is 11.4 Å². The molecule has 0 spiro atoms. The van der Waals surface area contributed by atoms with Crippen LogP contribution in [0, 0.1) is 12.3 Å². The van der Waals surface area contributed by atoms with E-state index in [0.717, 1.165) is 6.42 Å². The highest BCUT2D eigenvalue weighted by atomic mass is 32.1. The molecule has 2 heteroatoms. The van der Waals surface area contributed by atoms with Gasteiger partial charge in [0, 0.05) is 4.88 Å². The van der Waals surface area contributed by atoms with Crippen LogP contribution >= 0.6 is 11.3 Å². The van der Waals surface area contributed by atoms with Gasteiger partial charge in [0.15, 0.2) is 0 Å². The van der Waals surface area contributed by atoms with Crippen LogP contribution < -0.4 is 5.32 Å². The van der Waals surface area contributed by atoms with Gasteiger partial charge in [0.25, 0.3) is 0 Å². The molecule has 12 heavy (non-hydrogen) atoms. The molecule has 0 aromatic carbocycles. The highest BCUT2D eigenvalue weighted by Gasteiger charge is 2.10. The Labute approximate surface area is 77.8 Å². The molecule has 0 fully saturated rings. The molecule has 1 aromatic rings. The molecular formula is C10H13NS. The molecule has 0 saturated carbocycles. The number of aryl methyl sites for hydroxylation is 1. The van der Waals surface area contributed by atoms with Crippen molar-refractivity contribution in [1.82, 2.24) is 5.32 Å². The maximum absolute atomic E-state index is 5.39. The molecule has 1 N–H and O–H groups in total. The zero-order valence-corrected chi connectivity index (χ0v) is 8.24. The van der Waals surface area contributed by atoms with Gasteiger partial charge >= 0.3 is 0 Å². The van der Waals surface area contributed by atoms with E-state index < -0.39 is 0 Å². The Morgan fingerprint density at radius 3 is 3.00 bits per heavy atom. The molecule has 1 unspecified atom stereocenters. The molecule has 0 amide bonds. The normalized spacial score (nSPS) is 12.4. The van der Waals surface area contributed by atoms with Gasteiger partial charge in [-0.05, 0) is 30.5 Å². The lowest BCUT2D eigenvalue weighted by molar-refractivity contribution is 0.742. The standard InChI is InChI=1S/C10H13NS/c1-4-8-6-7-12-10(8)9(5-2)11-3/h2,6-7,9,11H,4H2,1,3H3. The van der Waals surface area contributed by atoms with Gasteiger partial charge < -0.3 is 5.32 Å². The first-order valence-corrected chi connectivity index (χ1v) is 4.91. The average molecular weight is 179 g/mol. The summed E-state index contributed by atoms with van der Waals surface area (Å²) in [5, 5.41) is 5.20. The third-order valence-electron chi connectivity index (χ3n) is 1.88. The fraction of sp³-hybridized carbons (Fsp3) is 0.400. The fourth-order valence-electron chi connectivity index (χ4n) is 1.18. The minimum absolute atomic E-state index is 0.0833. The molecule has 1 heterocycles. The topological polar surface area (TPSA) is 12.0 Å². The summed E-state index contributed by atoms with van der Waals surface area (Å²) in [7, 11) is 1.89. The van der Waals surface area contributed by atoms with Crippen LogP contribution in [0.25, 0.3) is 0 Å². The molecule has 0 aliphatic rings. The maximum atomic E-state index is 5.39. The Bertz CT molecular complexity index is 282. The molecule has 1 atom stereocenters. The van der Waals surface area contributed by atoms with Crippen molar-refractivity contribution in [2.75, 3.05) is 7.05 Å². The smallest absolute Gasteiger partial charge is 0.104 e. The molecule has 0 radical (unpaired) electrons. The van der Waals surface area contributed by atoms with E-state index in [9.17, 15) is 0 Å². The van der Waals surface area contributed by atoms with Crippen molar-refractivity contribution in [3.63, 3.8) is 0 Å². The third kappa shape index (κ3) is 1.69. The Morgan fingerprint density at radius 1 is 1.75 bits per heavy atom. The van der Waals surface area contributed by atoms with Crippen LogP contribution in [0.5, 0.6) is 0 Å². The van der Waals surface area contributed by atoms with E-state index in [1.165, 1.54) is 10.4 Å². The third-order valence-corrected chi connectivity index (χ3v) is 2.90. The second kappa shape index (κ2) is 4.30. The number of rotatable bonds is 3. The highest BCUT2D eigenvalue weighted by Crippen LogP contribution is 2.24. The molecule has 0 bridgehead atoms. The number of terminal acetylenes is 1. The Kier molecular flexibility index (Phi) is 3.33. The minimum atomic E-state index is 0.0833. The predicted octanol–water partition coefficient (Wildman–Crippen LogP) is 2.20. The van der Waals surface area contributed by atoms with Crippen molar-refractivity contribution in [2.45, 2.75) is 19.4 Å². The van der Waals surface area contributed by atoms with Crippen LogP contribution in [0.3, 0.4) is 0 Å². The van der Waals surface area contributed by atoms with E-state index in [4.69, 9.17) is 6.42 Å². The zero-order chi connectivity index (χ0) is 8.97. The Hall–Kier alpha value is -0.780. The molecule has 1 rings (SSSR count). The van der Waals surface area contributed by atoms with Crippen LogP contribution in [-0.4, -0.2) is 7.05 Å². The summed E-state index contributed by atoms with van der Waals surface area (Å²) in [5.41, 5.74) is 1.36. The molecule has 1 aromatic heterocycles. The van der Waals surface area contributed by atoms with E-state index in [2.05, 4.69) is 29.6 Å². The van der Waals surface area contributed by atoms with Crippen LogP contribution in [0.1, 0.15) is 23.4 Å². The van der Waals surface area contributed by atoms with Gasteiger partial charge in [-0.15, -0.1) is 17.8 Å². The monoisotopic (exact) mass is 179 g/mol.